The van der Waals surface area contributed by atoms with Crippen LogP contribution in [0.4, 0.5) is 0 Å². The van der Waals surface area contributed by atoms with E-state index in [2.05, 4.69) is 35.0 Å². The molecule has 78 valence electrons. The van der Waals surface area contributed by atoms with Gasteiger partial charge in [0.05, 0.1) is 40.0 Å². The molecule has 1 aliphatic rings. The van der Waals surface area contributed by atoms with Crippen molar-refractivity contribution in [3.63, 3.8) is 0 Å². The Balaban J connectivity index is 2.38. The Morgan fingerprint density at radius 2 is 1.77 bits per heavy atom. The molecule has 3 heteroatoms. The van der Waals surface area contributed by atoms with Crippen LogP contribution in [0.15, 0.2) is 0 Å². The molecule has 0 radical (unpaired) electrons. The van der Waals surface area contributed by atoms with Gasteiger partial charge in [0.15, 0.2) is 0 Å². The molecule has 13 heavy (non-hydrogen) atoms. The van der Waals surface area contributed by atoms with E-state index in [4.69, 9.17) is 9.47 Å². The van der Waals surface area contributed by atoms with E-state index in [-0.39, 0.29) is 18.3 Å². The first-order chi connectivity index (χ1) is 5.88. The summed E-state index contributed by atoms with van der Waals surface area (Å²) < 4.78 is 12.4. The second kappa shape index (κ2) is 3.95. The average molecular weight is 188 g/mol. The topological polar surface area (TPSA) is 18.5 Å². The summed E-state index contributed by atoms with van der Waals surface area (Å²) in [5.74, 6) is 0. The molecule has 0 spiro atoms. The van der Waals surface area contributed by atoms with Gasteiger partial charge in [-0.2, -0.15) is 0 Å². The summed E-state index contributed by atoms with van der Waals surface area (Å²) in [6, 6.07) is 0. The molecule has 1 fully saturated rings. The highest BCUT2D eigenvalue weighted by Crippen LogP contribution is 2.15. The van der Waals surface area contributed by atoms with Gasteiger partial charge in [0.25, 0.3) is 0 Å². The molecule has 0 aromatic rings. The Hall–Kier alpha value is -0.120. The maximum atomic E-state index is 5.83. The fraction of sp³-hybridized carbons (Fsp3) is 1.00. The van der Waals surface area contributed by atoms with Gasteiger partial charge in [-0.05, 0) is 13.8 Å². The van der Waals surface area contributed by atoms with Crippen LogP contribution < -0.4 is 0 Å². The summed E-state index contributed by atoms with van der Waals surface area (Å²) in [6.07, 6.45) is 0.722. The third kappa shape index (κ3) is 3.63. The number of ether oxygens (including phenoxy) is 2. The Morgan fingerprint density at radius 1 is 1.15 bits per heavy atom. The monoisotopic (exact) mass is 188 g/mol. The van der Waals surface area contributed by atoms with Gasteiger partial charge in [-0.3, -0.25) is 0 Å². The molecule has 3 nitrogen and oxygen atoms in total. The van der Waals surface area contributed by atoms with Crippen LogP contribution in [0.1, 0.15) is 13.8 Å². The van der Waals surface area contributed by atoms with E-state index in [9.17, 15) is 0 Å². The Labute approximate surface area is 81.2 Å². The van der Waals surface area contributed by atoms with Gasteiger partial charge >= 0.3 is 0 Å². The maximum Gasteiger partial charge on any atom is 0.130 e. The minimum atomic E-state index is 0.227. The van der Waals surface area contributed by atoms with Crippen molar-refractivity contribution in [3.8, 4) is 0 Å². The lowest BCUT2D eigenvalue weighted by molar-refractivity contribution is -0.874. The predicted octanol–water partition coefficient (Wildman–Crippen LogP) is 0.885. The molecule has 0 saturated carbocycles. The molecular weight excluding hydrogens is 166 g/mol. The lowest BCUT2D eigenvalue weighted by Gasteiger charge is -2.36. The lowest BCUT2D eigenvalue weighted by Crippen LogP contribution is -2.49. The summed E-state index contributed by atoms with van der Waals surface area (Å²) in [5, 5.41) is 0. The first kappa shape index (κ1) is 11.0. The van der Waals surface area contributed by atoms with Gasteiger partial charge in [0.1, 0.15) is 12.6 Å². The van der Waals surface area contributed by atoms with Crippen molar-refractivity contribution in [2.75, 3.05) is 34.3 Å². The van der Waals surface area contributed by atoms with Crippen molar-refractivity contribution in [2.45, 2.75) is 32.2 Å². The van der Waals surface area contributed by atoms with Crippen molar-refractivity contribution in [3.05, 3.63) is 0 Å². The number of nitrogens with zero attached hydrogens (tertiary/aromatic N) is 1. The molecule has 0 unspecified atom stereocenters. The Kier molecular flexibility index (Phi) is 3.33. The predicted molar refractivity (Wildman–Crippen MR) is 52.6 cm³/mol. The molecule has 0 aromatic heterocycles. The fourth-order valence-corrected chi connectivity index (χ4v) is 1.55. The molecule has 0 aromatic carbocycles. The van der Waals surface area contributed by atoms with Gasteiger partial charge in [-0.1, -0.05) is 0 Å². The summed E-state index contributed by atoms with van der Waals surface area (Å²) >= 11 is 0. The molecule has 1 heterocycles. The zero-order valence-corrected chi connectivity index (χ0v) is 9.41. The highest BCUT2D eigenvalue weighted by molar-refractivity contribution is 4.70. The maximum absolute atomic E-state index is 5.83. The van der Waals surface area contributed by atoms with Crippen LogP contribution in [-0.2, 0) is 9.47 Å². The van der Waals surface area contributed by atoms with Crippen molar-refractivity contribution in [2.24, 2.45) is 0 Å². The van der Waals surface area contributed by atoms with Gasteiger partial charge in [0.2, 0.25) is 0 Å². The SMILES string of the molecule is C[C@@H]1O[C@H](C[N+](C)(C)C)CO[C@@H]1C. The summed E-state index contributed by atoms with van der Waals surface area (Å²) in [7, 11) is 6.52. The number of hydrogen-bond acceptors (Lipinski definition) is 2. The molecule has 0 aliphatic carbocycles. The number of likely N-dealkylation sites (N-methyl/N-ethyl adjacent to an activating group) is 1. The van der Waals surface area contributed by atoms with E-state index in [0.717, 1.165) is 17.6 Å². The van der Waals surface area contributed by atoms with Crippen LogP contribution in [0.2, 0.25) is 0 Å². The van der Waals surface area contributed by atoms with Crippen LogP contribution in [0.5, 0.6) is 0 Å². The van der Waals surface area contributed by atoms with Crippen molar-refractivity contribution in [1.29, 1.82) is 0 Å². The minimum absolute atomic E-state index is 0.227. The van der Waals surface area contributed by atoms with Crippen molar-refractivity contribution < 1.29 is 14.0 Å². The summed E-state index contributed by atoms with van der Waals surface area (Å²) in [4.78, 5) is 0. The zero-order valence-electron chi connectivity index (χ0n) is 9.41. The summed E-state index contributed by atoms with van der Waals surface area (Å²) in [6.45, 7) is 5.89. The van der Waals surface area contributed by atoms with Gasteiger partial charge in [-0.25, -0.2) is 0 Å². The second-order valence-corrected chi connectivity index (χ2v) is 4.97. The smallest absolute Gasteiger partial charge is 0.130 e. The fourth-order valence-electron chi connectivity index (χ4n) is 1.55. The molecule has 3 atom stereocenters. The number of hydrogen-bond donors (Lipinski definition) is 0. The van der Waals surface area contributed by atoms with Gasteiger partial charge in [-0.15, -0.1) is 0 Å². The quantitative estimate of drug-likeness (QED) is 0.599. The van der Waals surface area contributed by atoms with E-state index in [1.165, 1.54) is 0 Å². The average Bonchev–Trinajstić information content (AvgIpc) is 1.94. The van der Waals surface area contributed by atoms with Crippen LogP contribution in [-0.4, -0.2) is 57.1 Å². The Bertz CT molecular complexity index is 165. The molecule has 0 bridgehead atoms. The molecule has 1 saturated heterocycles. The van der Waals surface area contributed by atoms with Crippen molar-refractivity contribution >= 4 is 0 Å². The minimum Gasteiger partial charge on any atom is -0.373 e. The first-order valence-electron chi connectivity index (χ1n) is 4.96. The Morgan fingerprint density at radius 3 is 2.23 bits per heavy atom. The van der Waals surface area contributed by atoms with Crippen LogP contribution in [0.25, 0.3) is 0 Å². The molecule has 0 N–H and O–H groups in total. The lowest BCUT2D eigenvalue weighted by atomic mass is 10.2. The number of rotatable bonds is 2. The normalized spacial score (nSPS) is 36.2. The third-order valence-corrected chi connectivity index (χ3v) is 2.36. The molecule has 1 aliphatic heterocycles. The molecule has 0 amide bonds. The van der Waals surface area contributed by atoms with Crippen LogP contribution >= 0.6 is 0 Å². The van der Waals surface area contributed by atoms with E-state index in [0.29, 0.717) is 0 Å². The summed E-state index contributed by atoms with van der Waals surface area (Å²) in [5.41, 5.74) is 0. The highest BCUT2D eigenvalue weighted by Gasteiger charge is 2.29. The first-order valence-corrected chi connectivity index (χ1v) is 4.96. The zero-order chi connectivity index (χ0) is 10.1. The van der Waals surface area contributed by atoms with E-state index in [1.54, 1.807) is 0 Å². The van der Waals surface area contributed by atoms with Crippen LogP contribution in [0.3, 0.4) is 0 Å². The third-order valence-electron chi connectivity index (χ3n) is 2.36. The second-order valence-electron chi connectivity index (χ2n) is 4.97. The molecular formula is C10H22NO2+. The number of quaternary nitrogens is 1. The highest BCUT2D eigenvalue weighted by atomic mass is 16.6. The van der Waals surface area contributed by atoms with E-state index < -0.39 is 0 Å². The standard InChI is InChI=1S/C10H22NO2/c1-8-9(2)13-10(7-12-8)6-11(3,4)5/h8-10H,6-7H2,1-5H3/q+1/t8-,9+,10-/m1/s1. The largest absolute Gasteiger partial charge is 0.373 e. The van der Waals surface area contributed by atoms with E-state index >= 15 is 0 Å². The van der Waals surface area contributed by atoms with E-state index in [1.807, 2.05) is 0 Å². The van der Waals surface area contributed by atoms with Gasteiger partial charge in [0, 0.05) is 0 Å². The van der Waals surface area contributed by atoms with Gasteiger partial charge < -0.3 is 14.0 Å². The van der Waals surface area contributed by atoms with Crippen LogP contribution in [0, 0.1) is 0 Å². The molecule has 1 rings (SSSR count). The van der Waals surface area contributed by atoms with Crippen molar-refractivity contribution in [1.82, 2.24) is 0 Å².